The largest absolute Gasteiger partial charge is 0.414 e. The number of hydrogen-bond donors (Lipinski definition) is 0. The van der Waals surface area contributed by atoms with Crippen LogP contribution in [0.3, 0.4) is 0 Å². The highest BCUT2D eigenvalue weighted by atomic mass is 28.4. The molecule has 0 aromatic heterocycles. The third kappa shape index (κ3) is 6.32. The smallest absolute Gasteiger partial charge is 0.212 e. The Morgan fingerprint density at radius 2 is 1.17 bits per heavy atom. The third-order valence-electron chi connectivity index (χ3n) is 3.38. The van der Waals surface area contributed by atoms with E-state index >= 15 is 0 Å². The van der Waals surface area contributed by atoms with E-state index in [0.29, 0.717) is 0 Å². The molecule has 0 aliphatic carbocycles. The predicted molar refractivity (Wildman–Crippen MR) is 85.8 cm³/mol. The van der Waals surface area contributed by atoms with E-state index in [2.05, 4.69) is 46.6 Å². The van der Waals surface area contributed by atoms with Crippen LogP contribution in [-0.4, -0.2) is 29.8 Å². The van der Waals surface area contributed by atoms with Gasteiger partial charge in [-0.05, 0) is 43.8 Å². The second-order valence-electron chi connectivity index (χ2n) is 5.90. The Balaban J connectivity index is 4.38. The summed E-state index contributed by atoms with van der Waals surface area (Å²) in [6, 6.07) is 0. The monoisotopic (exact) mass is 288 g/mol. The summed E-state index contributed by atoms with van der Waals surface area (Å²) in [4.78, 5) is 1.29. The summed E-state index contributed by atoms with van der Waals surface area (Å²) in [7, 11) is -3.59. The van der Waals surface area contributed by atoms with Gasteiger partial charge in [-0.25, -0.2) is 0 Å². The van der Waals surface area contributed by atoms with Crippen molar-refractivity contribution in [3.8, 4) is 0 Å². The van der Waals surface area contributed by atoms with Crippen LogP contribution in [0.1, 0.15) is 39.5 Å². The molecule has 0 fully saturated rings. The van der Waals surface area contributed by atoms with Gasteiger partial charge in [0.15, 0.2) is 0 Å². The minimum absolute atomic E-state index is 0.869. The lowest BCUT2D eigenvalue weighted by Gasteiger charge is -2.34. The van der Waals surface area contributed by atoms with Gasteiger partial charge >= 0.3 is 0 Å². The summed E-state index contributed by atoms with van der Waals surface area (Å²) in [5.41, 5.74) is 0. The van der Waals surface area contributed by atoms with Gasteiger partial charge in [-0.3, -0.25) is 0 Å². The first-order chi connectivity index (χ1) is 8.28. The fraction of sp³-hybridized carbons (Fsp3) is 0.857. The topological polar surface area (TPSA) is 18.5 Å². The van der Waals surface area contributed by atoms with Crippen LogP contribution < -0.4 is 0 Å². The standard InChI is InChI=1S/C14H32O2Si2/c1-8-10-12-15-17(4,5)14(3)18(6,7)16-13-11-9-2/h3,8-13H2,1-2,4-7H3. The van der Waals surface area contributed by atoms with Gasteiger partial charge in [0.2, 0.25) is 16.6 Å². The highest BCUT2D eigenvalue weighted by Crippen LogP contribution is 2.26. The van der Waals surface area contributed by atoms with Crippen LogP contribution in [-0.2, 0) is 8.85 Å². The lowest BCUT2D eigenvalue weighted by Crippen LogP contribution is -2.48. The van der Waals surface area contributed by atoms with Crippen molar-refractivity contribution < 1.29 is 8.85 Å². The van der Waals surface area contributed by atoms with Crippen molar-refractivity contribution in [2.24, 2.45) is 0 Å². The average molecular weight is 289 g/mol. The molecule has 0 atom stereocenters. The van der Waals surface area contributed by atoms with E-state index in [0.717, 1.165) is 26.1 Å². The van der Waals surface area contributed by atoms with Crippen LogP contribution in [0, 0.1) is 0 Å². The van der Waals surface area contributed by atoms with Crippen LogP contribution in [0.25, 0.3) is 0 Å². The molecule has 2 nitrogen and oxygen atoms in total. The minimum Gasteiger partial charge on any atom is -0.414 e. The second-order valence-corrected chi connectivity index (χ2v) is 14.2. The van der Waals surface area contributed by atoms with Gasteiger partial charge in [0, 0.05) is 13.2 Å². The average Bonchev–Trinajstić information content (AvgIpc) is 2.28. The van der Waals surface area contributed by atoms with Crippen LogP contribution in [0.4, 0.5) is 0 Å². The van der Waals surface area contributed by atoms with Gasteiger partial charge in [0.25, 0.3) is 0 Å². The highest BCUT2D eigenvalue weighted by molar-refractivity contribution is 7.00. The van der Waals surface area contributed by atoms with Gasteiger partial charge < -0.3 is 8.85 Å². The Morgan fingerprint density at radius 3 is 1.44 bits per heavy atom. The maximum Gasteiger partial charge on any atom is 0.212 e. The quantitative estimate of drug-likeness (QED) is 0.430. The van der Waals surface area contributed by atoms with Gasteiger partial charge in [-0.1, -0.05) is 26.7 Å². The summed E-state index contributed by atoms with van der Waals surface area (Å²) in [6.07, 6.45) is 4.65. The maximum atomic E-state index is 6.12. The number of unbranched alkanes of at least 4 members (excludes halogenated alkanes) is 2. The van der Waals surface area contributed by atoms with E-state index in [1.807, 2.05) is 0 Å². The van der Waals surface area contributed by atoms with Crippen LogP contribution in [0.15, 0.2) is 11.4 Å². The van der Waals surface area contributed by atoms with Gasteiger partial charge in [-0.2, -0.15) is 0 Å². The third-order valence-corrected chi connectivity index (χ3v) is 11.7. The van der Waals surface area contributed by atoms with E-state index in [1.165, 1.54) is 17.7 Å². The molecule has 0 unspecified atom stereocenters. The molecule has 0 aliphatic rings. The van der Waals surface area contributed by atoms with E-state index in [1.54, 1.807) is 0 Å². The second kappa shape index (κ2) is 8.30. The van der Waals surface area contributed by atoms with E-state index < -0.39 is 16.6 Å². The molecule has 0 saturated heterocycles. The fourth-order valence-corrected chi connectivity index (χ4v) is 9.73. The summed E-state index contributed by atoms with van der Waals surface area (Å²) in [6.45, 7) is 19.5. The van der Waals surface area contributed by atoms with Crippen molar-refractivity contribution in [3.05, 3.63) is 11.4 Å². The first-order valence-corrected chi connectivity index (χ1v) is 13.1. The molecule has 0 aromatic carbocycles. The van der Waals surface area contributed by atoms with Gasteiger partial charge in [0.05, 0.1) is 0 Å². The van der Waals surface area contributed by atoms with Crippen LogP contribution >= 0.6 is 0 Å². The predicted octanol–water partition coefficient (Wildman–Crippen LogP) is 4.66. The molecular weight excluding hydrogens is 256 g/mol. The Morgan fingerprint density at radius 1 is 0.833 bits per heavy atom. The van der Waals surface area contributed by atoms with E-state index in [4.69, 9.17) is 8.85 Å². The first-order valence-electron chi connectivity index (χ1n) is 7.25. The maximum absolute atomic E-state index is 6.12. The summed E-state index contributed by atoms with van der Waals surface area (Å²) >= 11 is 0. The molecule has 4 heteroatoms. The Hall–Kier alpha value is 0.0938. The molecular formula is C14H32O2Si2. The van der Waals surface area contributed by atoms with Crippen molar-refractivity contribution in [2.45, 2.75) is 65.7 Å². The Bertz CT molecular complexity index is 226. The fourth-order valence-electron chi connectivity index (χ4n) is 1.84. The number of hydrogen-bond acceptors (Lipinski definition) is 2. The Kier molecular flexibility index (Phi) is 8.34. The lowest BCUT2D eigenvalue weighted by molar-refractivity contribution is 0.294. The molecule has 0 amide bonds. The van der Waals surface area contributed by atoms with Crippen LogP contribution in [0.2, 0.25) is 26.2 Å². The SMILES string of the molecule is C=C([Si](C)(C)OCCCC)[Si](C)(C)OCCCC. The normalized spacial score (nSPS) is 12.8. The first kappa shape index (κ1) is 18.1. The molecule has 0 heterocycles. The lowest BCUT2D eigenvalue weighted by atomic mass is 10.4. The molecule has 18 heavy (non-hydrogen) atoms. The zero-order chi connectivity index (χ0) is 14.2. The van der Waals surface area contributed by atoms with E-state index in [9.17, 15) is 0 Å². The van der Waals surface area contributed by atoms with Crippen LogP contribution in [0.5, 0.6) is 0 Å². The van der Waals surface area contributed by atoms with Crippen molar-refractivity contribution in [3.63, 3.8) is 0 Å². The van der Waals surface area contributed by atoms with E-state index in [-0.39, 0.29) is 0 Å². The molecule has 0 radical (unpaired) electrons. The van der Waals surface area contributed by atoms with Crippen molar-refractivity contribution in [1.29, 1.82) is 0 Å². The summed E-state index contributed by atoms with van der Waals surface area (Å²) in [5, 5.41) is 0. The van der Waals surface area contributed by atoms with Crippen molar-refractivity contribution in [2.75, 3.05) is 13.2 Å². The molecule has 108 valence electrons. The molecule has 0 saturated carbocycles. The molecule has 0 bridgehead atoms. The zero-order valence-electron chi connectivity index (χ0n) is 13.3. The highest BCUT2D eigenvalue weighted by Gasteiger charge is 2.39. The Labute approximate surface area is 116 Å². The van der Waals surface area contributed by atoms with Crippen molar-refractivity contribution in [1.82, 2.24) is 0 Å². The number of rotatable bonds is 10. The van der Waals surface area contributed by atoms with Crippen molar-refractivity contribution >= 4 is 16.6 Å². The summed E-state index contributed by atoms with van der Waals surface area (Å²) in [5.74, 6) is 0. The zero-order valence-corrected chi connectivity index (χ0v) is 15.3. The molecule has 0 aromatic rings. The molecule has 0 rings (SSSR count). The summed E-state index contributed by atoms with van der Waals surface area (Å²) < 4.78 is 12.2. The van der Waals surface area contributed by atoms with Gasteiger partial charge in [-0.15, -0.1) is 6.58 Å². The molecule has 0 N–H and O–H groups in total. The minimum atomic E-state index is -1.80. The molecule has 0 aliphatic heterocycles. The molecule has 0 spiro atoms. The van der Waals surface area contributed by atoms with Gasteiger partial charge in [0.1, 0.15) is 0 Å².